The lowest BCUT2D eigenvalue weighted by Gasteiger charge is -2.47. The Hall–Kier alpha value is -1.40. The van der Waals surface area contributed by atoms with E-state index in [1.807, 2.05) is 0 Å². The molecule has 1 aliphatic rings. The van der Waals surface area contributed by atoms with Crippen LogP contribution in [0.5, 0.6) is 0 Å². The normalized spacial score (nSPS) is 20.9. The molecule has 0 unspecified atom stereocenters. The van der Waals surface area contributed by atoms with Crippen molar-refractivity contribution in [2.45, 2.75) is 24.2 Å². The van der Waals surface area contributed by atoms with Gasteiger partial charge in [-0.15, -0.1) is 6.42 Å². The van der Waals surface area contributed by atoms with Gasteiger partial charge in [0, 0.05) is 30.4 Å². The fourth-order valence-corrected chi connectivity index (χ4v) is 2.32. The van der Waals surface area contributed by atoms with Gasteiger partial charge in [0.2, 0.25) is 5.92 Å². The third-order valence-electron chi connectivity index (χ3n) is 3.25. The maximum absolute atomic E-state index is 13.0. The number of nitrogens with two attached hydrogens (primary N) is 1. The third kappa shape index (κ3) is 1.70. The van der Waals surface area contributed by atoms with Gasteiger partial charge in [-0.1, -0.05) is 18.1 Å². The maximum Gasteiger partial charge on any atom is 0.250 e. The summed E-state index contributed by atoms with van der Waals surface area (Å²) in [7, 11) is 0. The smallest absolute Gasteiger partial charge is 0.250 e. The Bertz CT molecular complexity index is 420. The van der Waals surface area contributed by atoms with Crippen LogP contribution in [0, 0.1) is 12.3 Å². The summed E-state index contributed by atoms with van der Waals surface area (Å²) in [5.41, 5.74) is 6.67. The molecule has 1 aromatic rings. The highest BCUT2D eigenvalue weighted by molar-refractivity contribution is 5.39. The van der Waals surface area contributed by atoms with Gasteiger partial charge in [-0.25, -0.2) is 8.78 Å². The molecule has 3 heteroatoms. The molecule has 1 fully saturated rings. The number of hydrogen-bond donors (Lipinski definition) is 1. The van der Waals surface area contributed by atoms with Crippen molar-refractivity contribution in [2.24, 2.45) is 5.73 Å². The summed E-state index contributed by atoms with van der Waals surface area (Å²) in [5.74, 6) is -0.0688. The monoisotopic (exact) mass is 221 g/mol. The molecular weight excluding hydrogens is 208 g/mol. The third-order valence-corrected chi connectivity index (χ3v) is 3.25. The van der Waals surface area contributed by atoms with Crippen molar-refractivity contribution < 1.29 is 8.78 Å². The lowest BCUT2D eigenvalue weighted by Crippen LogP contribution is -2.53. The molecule has 0 heterocycles. The van der Waals surface area contributed by atoms with Crippen LogP contribution in [0.1, 0.15) is 24.0 Å². The van der Waals surface area contributed by atoms with Gasteiger partial charge in [-0.05, 0) is 17.7 Å². The quantitative estimate of drug-likeness (QED) is 0.762. The Morgan fingerprint density at radius 2 is 1.81 bits per heavy atom. The van der Waals surface area contributed by atoms with E-state index in [9.17, 15) is 8.78 Å². The summed E-state index contributed by atoms with van der Waals surface area (Å²) in [6, 6.07) is 7.14. The Morgan fingerprint density at radius 1 is 1.25 bits per heavy atom. The standard InChI is InChI=1S/C13H13F2N/c1-2-10-3-5-11(6-4-10)12(9-16)7-13(14,15)8-12/h1,3-6H,7-9,16H2. The van der Waals surface area contributed by atoms with Crippen molar-refractivity contribution in [3.63, 3.8) is 0 Å². The highest BCUT2D eigenvalue weighted by atomic mass is 19.3. The second-order valence-electron chi connectivity index (χ2n) is 4.42. The molecule has 2 N–H and O–H groups in total. The molecule has 2 rings (SSSR count). The van der Waals surface area contributed by atoms with Crippen LogP contribution >= 0.6 is 0 Å². The first-order valence-corrected chi connectivity index (χ1v) is 5.16. The van der Waals surface area contributed by atoms with Crippen LogP contribution in [-0.2, 0) is 5.41 Å². The van der Waals surface area contributed by atoms with Crippen molar-refractivity contribution in [3.05, 3.63) is 35.4 Å². The van der Waals surface area contributed by atoms with Crippen LogP contribution in [0.3, 0.4) is 0 Å². The minimum atomic E-state index is -2.57. The summed E-state index contributed by atoms with van der Waals surface area (Å²) in [5, 5.41) is 0. The van der Waals surface area contributed by atoms with Gasteiger partial charge in [0.1, 0.15) is 0 Å². The molecule has 16 heavy (non-hydrogen) atoms. The van der Waals surface area contributed by atoms with Crippen LogP contribution in [0.2, 0.25) is 0 Å². The largest absolute Gasteiger partial charge is 0.330 e. The highest BCUT2D eigenvalue weighted by Crippen LogP contribution is 2.52. The van der Waals surface area contributed by atoms with Crippen molar-refractivity contribution in [2.75, 3.05) is 6.54 Å². The number of alkyl halides is 2. The summed E-state index contributed by atoms with van der Waals surface area (Å²) in [6.45, 7) is 0.248. The van der Waals surface area contributed by atoms with Gasteiger partial charge in [0.05, 0.1) is 0 Å². The van der Waals surface area contributed by atoms with E-state index in [4.69, 9.17) is 12.2 Å². The van der Waals surface area contributed by atoms with E-state index in [1.54, 1.807) is 24.3 Å². The van der Waals surface area contributed by atoms with Crippen molar-refractivity contribution in [1.82, 2.24) is 0 Å². The molecule has 1 aromatic carbocycles. The first-order valence-electron chi connectivity index (χ1n) is 5.16. The van der Waals surface area contributed by atoms with Gasteiger partial charge in [0.15, 0.2) is 0 Å². The van der Waals surface area contributed by atoms with Crippen molar-refractivity contribution in [3.8, 4) is 12.3 Å². The Kier molecular flexibility index (Phi) is 2.47. The van der Waals surface area contributed by atoms with E-state index in [-0.39, 0.29) is 19.4 Å². The molecule has 0 radical (unpaired) electrons. The van der Waals surface area contributed by atoms with Gasteiger partial charge in [-0.2, -0.15) is 0 Å². The molecule has 1 aliphatic carbocycles. The Balaban J connectivity index is 2.26. The van der Waals surface area contributed by atoms with Crippen molar-refractivity contribution in [1.29, 1.82) is 0 Å². The Morgan fingerprint density at radius 3 is 2.19 bits per heavy atom. The molecule has 0 saturated heterocycles. The SMILES string of the molecule is C#Cc1ccc(C2(CN)CC(F)(F)C2)cc1. The summed E-state index contributed by atoms with van der Waals surface area (Å²) >= 11 is 0. The lowest BCUT2D eigenvalue weighted by molar-refractivity contribution is -0.123. The van der Waals surface area contributed by atoms with Gasteiger partial charge in [0.25, 0.3) is 0 Å². The fourth-order valence-electron chi connectivity index (χ4n) is 2.32. The average molecular weight is 221 g/mol. The lowest BCUT2D eigenvalue weighted by atomic mass is 9.62. The number of rotatable bonds is 2. The topological polar surface area (TPSA) is 26.0 Å². The fraction of sp³-hybridized carbons (Fsp3) is 0.385. The molecule has 1 saturated carbocycles. The van der Waals surface area contributed by atoms with E-state index < -0.39 is 11.3 Å². The molecule has 0 bridgehead atoms. The molecule has 0 amide bonds. The van der Waals surface area contributed by atoms with Gasteiger partial charge >= 0.3 is 0 Å². The minimum absolute atomic E-state index is 0.161. The second-order valence-corrected chi connectivity index (χ2v) is 4.42. The summed E-state index contributed by atoms with van der Waals surface area (Å²) in [6.07, 6.45) is 4.91. The van der Waals surface area contributed by atoms with Gasteiger partial charge in [-0.3, -0.25) is 0 Å². The first-order chi connectivity index (χ1) is 7.51. The summed E-state index contributed by atoms with van der Waals surface area (Å²) in [4.78, 5) is 0. The molecule has 1 nitrogen and oxygen atoms in total. The summed E-state index contributed by atoms with van der Waals surface area (Å²) < 4.78 is 25.9. The van der Waals surface area contributed by atoms with Gasteiger partial charge < -0.3 is 5.73 Å². The van der Waals surface area contributed by atoms with E-state index in [1.165, 1.54) is 0 Å². The molecule has 0 aromatic heterocycles. The number of terminal acetylenes is 1. The predicted molar refractivity (Wildman–Crippen MR) is 59.3 cm³/mol. The van der Waals surface area contributed by atoms with E-state index in [2.05, 4.69) is 5.92 Å². The van der Waals surface area contributed by atoms with Crippen molar-refractivity contribution >= 4 is 0 Å². The zero-order valence-electron chi connectivity index (χ0n) is 8.84. The molecule has 84 valence electrons. The zero-order chi connectivity index (χ0) is 11.8. The molecule has 0 atom stereocenters. The Labute approximate surface area is 93.7 Å². The van der Waals surface area contributed by atoms with Crippen LogP contribution in [0.25, 0.3) is 0 Å². The van der Waals surface area contributed by atoms with E-state index in [0.717, 1.165) is 11.1 Å². The molecular formula is C13H13F2N. The average Bonchev–Trinajstić information content (AvgIpc) is 2.25. The number of benzene rings is 1. The highest BCUT2D eigenvalue weighted by Gasteiger charge is 2.56. The zero-order valence-corrected chi connectivity index (χ0v) is 8.84. The predicted octanol–water partition coefficient (Wildman–Crippen LogP) is 2.29. The first kappa shape index (κ1) is 11.1. The van der Waals surface area contributed by atoms with E-state index >= 15 is 0 Å². The minimum Gasteiger partial charge on any atom is -0.330 e. The number of halogens is 2. The maximum atomic E-state index is 13.0. The van der Waals surface area contributed by atoms with Crippen LogP contribution < -0.4 is 5.73 Å². The second kappa shape index (κ2) is 3.57. The molecule has 0 spiro atoms. The van der Waals surface area contributed by atoms with Crippen LogP contribution in [-0.4, -0.2) is 12.5 Å². The number of hydrogen-bond acceptors (Lipinski definition) is 1. The van der Waals surface area contributed by atoms with Crippen LogP contribution in [0.15, 0.2) is 24.3 Å². The van der Waals surface area contributed by atoms with E-state index in [0.29, 0.717) is 0 Å². The molecule has 0 aliphatic heterocycles. The van der Waals surface area contributed by atoms with Crippen LogP contribution in [0.4, 0.5) is 8.78 Å².